The van der Waals surface area contributed by atoms with E-state index in [2.05, 4.69) is 17.3 Å². The van der Waals surface area contributed by atoms with Gasteiger partial charge in [-0.1, -0.05) is 134 Å². The van der Waals surface area contributed by atoms with Gasteiger partial charge in [0.2, 0.25) is 0 Å². The van der Waals surface area contributed by atoms with Crippen LogP contribution in [0, 0.1) is 43.8 Å². The van der Waals surface area contributed by atoms with Gasteiger partial charge in [-0.25, -0.2) is 17.6 Å². The topological polar surface area (TPSA) is 78.1 Å². The molecule has 0 radical (unpaired) electrons. The number of carbonyl (C=O) groups excluding carboxylic acids is 2. The number of Topliss-reactive ketones (excluding diaryl/α,β-unsaturated/α-hetero) is 2. The largest absolute Gasteiger partial charge is 0 e. The maximum atomic E-state index is 15.2. The summed E-state index contributed by atoms with van der Waals surface area (Å²) in [5.74, 6) is -3.12. The van der Waals surface area contributed by atoms with Gasteiger partial charge in [0.05, 0.1) is 0 Å². The van der Waals surface area contributed by atoms with E-state index in [1.807, 2.05) is 133 Å². The monoisotopic (exact) mass is 1060 g/mol. The van der Waals surface area contributed by atoms with E-state index in [9.17, 15) is 0 Å². The van der Waals surface area contributed by atoms with Gasteiger partial charge in [0.15, 0.2) is 11.6 Å². The second-order valence-electron chi connectivity index (χ2n) is 18.4. The van der Waals surface area contributed by atoms with Crippen molar-refractivity contribution in [3.05, 3.63) is 242 Å². The summed E-state index contributed by atoms with van der Waals surface area (Å²) in [5, 5.41) is 13.7. The van der Waals surface area contributed by atoms with Gasteiger partial charge >= 0.3 is 11.3 Å². The van der Waals surface area contributed by atoms with Crippen molar-refractivity contribution in [2.75, 3.05) is 0 Å². The molecule has 0 spiro atoms. The van der Waals surface area contributed by atoms with Crippen LogP contribution >= 0.6 is 0 Å². The zero-order valence-electron chi connectivity index (χ0n) is 39.7. The Morgan fingerprint density at radius 3 is 1.26 bits per heavy atom. The number of ketones is 2. The average Bonchev–Trinajstić information content (AvgIpc) is 3.40. The van der Waals surface area contributed by atoms with Gasteiger partial charge in [0.1, 0.15) is 23.3 Å². The third-order valence-corrected chi connectivity index (χ3v) is 14.3. The number of benzene rings is 8. The summed E-state index contributed by atoms with van der Waals surface area (Å²) in [7, 11) is 0. The zero-order chi connectivity index (χ0) is 50.2. The van der Waals surface area contributed by atoms with E-state index in [1.165, 1.54) is 38.1 Å². The quantitative estimate of drug-likeness (QED) is 0.0523. The minimum Gasteiger partial charge on any atom is 0 e. The van der Waals surface area contributed by atoms with Crippen molar-refractivity contribution in [2.45, 2.75) is 51.6 Å². The van der Waals surface area contributed by atoms with E-state index in [0.717, 1.165) is 68.1 Å². The zero-order valence-corrected chi connectivity index (χ0v) is 41.5. The number of fused-ring (bicyclic) bond motifs is 4. The molecule has 3 aliphatic carbocycles. The molecule has 2 atom stereocenters. The summed E-state index contributed by atoms with van der Waals surface area (Å²) < 4.78 is 68.3. The fraction of sp³-hybridized carbons (Fsp3) is 0.127. The van der Waals surface area contributed by atoms with E-state index in [0.29, 0.717) is 55.7 Å². The number of rotatable bonds is 8. The first-order chi connectivity index (χ1) is 35.0. The molecule has 1 saturated carbocycles. The van der Waals surface area contributed by atoms with Crippen LogP contribution in [0.15, 0.2) is 169 Å². The second-order valence-corrected chi connectivity index (χ2v) is 18.4. The Hall–Kier alpha value is -7.74. The molecule has 0 bridgehead atoms. The van der Waals surface area contributed by atoms with Crippen molar-refractivity contribution in [3.63, 3.8) is 0 Å². The number of allylic oxidation sites excluding steroid dienone is 2. The molecule has 73 heavy (non-hydrogen) atoms. The van der Waals surface area contributed by atoms with E-state index >= 15 is 27.2 Å². The van der Waals surface area contributed by atoms with Crippen LogP contribution in [0.1, 0.15) is 47.9 Å². The molecule has 0 aromatic heterocycles. The summed E-state index contributed by atoms with van der Waals surface area (Å²) in [6.07, 6.45) is 10.8. The van der Waals surface area contributed by atoms with Gasteiger partial charge in [0.25, 0.3) is 0 Å². The van der Waals surface area contributed by atoms with Crippen LogP contribution in [-0.2, 0) is 33.7 Å². The second kappa shape index (κ2) is 21.2. The molecule has 5 nitrogen and oxygen atoms in total. The Morgan fingerprint density at radius 2 is 0.863 bits per heavy atom. The standard InChI is InChI=1S/C62H46F4N2O2.CO.Ru/c1-35-51(63)29-41(30-52(35)64)49-25-23-37-13-3-7-17-45(37)57(49)59-47-19-9-5-15-39(47)27-43(61(59)69)33-67-55-21-11-12-22-56(55)68-34-44-28-40-16-6-10-20-48(40)60(62(44)70)58-46-18-8-4-14-38(46)24-26-50(58)42-31-53(65)36(2)54(66)32-42;1-2;/h3-10,13-20,23-34,55-56,67-68H,11-12,21-22H2,1-2H3;;/b43-33-,44-34-;;/t55-,56-;;/m1../s1. The van der Waals surface area contributed by atoms with Crippen LogP contribution in [0.5, 0.6) is 0 Å². The molecule has 362 valence electrons. The molecule has 11 rings (SSSR count). The Balaban J connectivity index is 0.00000216. The first-order valence-electron chi connectivity index (χ1n) is 23.8. The van der Waals surface area contributed by atoms with E-state index in [4.69, 9.17) is 4.65 Å². The Kier molecular flexibility index (Phi) is 14.6. The van der Waals surface area contributed by atoms with E-state index in [-0.39, 0.29) is 54.3 Å². The van der Waals surface area contributed by atoms with Gasteiger partial charge < -0.3 is 10.6 Å². The molecule has 0 saturated heterocycles. The molecular weight excluding hydrogens is 1010 g/mol. The summed E-state index contributed by atoms with van der Waals surface area (Å²) in [5.41, 5.74) is 4.54. The first-order valence-corrected chi connectivity index (χ1v) is 23.8. The molecule has 3 aliphatic rings. The maximum Gasteiger partial charge on any atom is 0 e. The van der Waals surface area contributed by atoms with Crippen molar-refractivity contribution in [1.29, 1.82) is 0 Å². The molecule has 8 aromatic carbocycles. The molecule has 0 aliphatic heterocycles. The summed E-state index contributed by atoms with van der Waals surface area (Å²) in [6, 6.07) is 43.3. The SMILES string of the molecule is Cc1c(F)cc(-c2ccc3ccccc3c2C2=c3ccccc3=C/C(=C/N[C@@H]3CCCC[C@H]3N/C=C3/C=c4ccccc4=C(c4c(-c5cc(F)c(C)c(F)c5)ccc5ccccc45)C3=O)C2=O)cc1F.[C-]#[O+].[Ru]. The smallest absolute Gasteiger partial charge is 0 e. The molecule has 2 N–H and O–H groups in total. The van der Waals surface area contributed by atoms with Crippen molar-refractivity contribution < 1.29 is 51.3 Å². The molecule has 10 heteroatoms. The molecule has 0 unspecified atom stereocenters. The van der Waals surface area contributed by atoms with E-state index in [1.54, 1.807) is 12.4 Å². The van der Waals surface area contributed by atoms with Crippen LogP contribution in [-0.4, -0.2) is 23.7 Å². The predicted molar refractivity (Wildman–Crippen MR) is 276 cm³/mol. The Labute approximate surface area is 432 Å². The number of carbonyl (C=O) groups is 2. The summed E-state index contributed by atoms with van der Waals surface area (Å²) in [4.78, 5) is 30.2. The Bertz CT molecular complexity index is 3640. The van der Waals surface area contributed by atoms with Gasteiger partial charge in [-0.2, -0.15) is 0 Å². The summed E-state index contributed by atoms with van der Waals surface area (Å²) in [6.45, 7) is 7.31. The van der Waals surface area contributed by atoms with Gasteiger partial charge in [-0.15, -0.1) is 0 Å². The fourth-order valence-corrected chi connectivity index (χ4v) is 10.5. The number of halogens is 4. The van der Waals surface area contributed by atoms with Gasteiger partial charge in [0, 0.05) is 88.5 Å². The van der Waals surface area contributed by atoms with Crippen molar-refractivity contribution in [3.8, 4) is 22.3 Å². The molecule has 1 fully saturated rings. The molecule has 0 heterocycles. The average molecular weight is 1060 g/mol. The van der Waals surface area contributed by atoms with Crippen LogP contribution in [0.2, 0.25) is 0 Å². The number of nitrogens with one attached hydrogen (secondary N) is 2. The first kappa shape index (κ1) is 50.2. The predicted octanol–water partition coefficient (Wildman–Crippen LogP) is 10.5. The van der Waals surface area contributed by atoms with Gasteiger partial charge in [-0.3, -0.25) is 9.59 Å². The number of hydrogen-bond acceptors (Lipinski definition) is 4. The van der Waals surface area contributed by atoms with Crippen LogP contribution in [0.3, 0.4) is 0 Å². The Morgan fingerprint density at radius 1 is 0.507 bits per heavy atom. The third-order valence-electron chi connectivity index (χ3n) is 14.3. The normalized spacial score (nSPS) is 17.2. The molecular formula is C63H46F4N2O3Ru. The summed E-state index contributed by atoms with van der Waals surface area (Å²) >= 11 is 0. The van der Waals surface area contributed by atoms with E-state index < -0.39 is 23.3 Å². The van der Waals surface area contributed by atoms with Crippen molar-refractivity contribution in [2.24, 2.45) is 0 Å². The van der Waals surface area contributed by atoms with Gasteiger partial charge in [-0.05, 0) is 128 Å². The molecule has 8 aromatic rings. The van der Waals surface area contributed by atoms with Crippen molar-refractivity contribution >= 4 is 56.4 Å². The number of hydrogen-bond donors (Lipinski definition) is 2. The van der Waals surface area contributed by atoms with Crippen molar-refractivity contribution in [1.82, 2.24) is 10.6 Å². The van der Waals surface area contributed by atoms with Crippen LogP contribution in [0.25, 0.3) is 67.1 Å². The third kappa shape index (κ3) is 9.35. The molecule has 0 amide bonds. The van der Waals surface area contributed by atoms with Crippen LogP contribution < -0.4 is 31.5 Å². The maximum absolute atomic E-state index is 15.2. The minimum absolute atomic E-state index is 0. The van der Waals surface area contributed by atoms with Crippen LogP contribution in [0.4, 0.5) is 17.6 Å². The fourth-order valence-electron chi connectivity index (χ4n) is 10.5. The minimum atomic E-state index is -0.666.